The molecule has 0 aromatic carbocycles. The third-order valence-corrected chi connectivity index (χ3v) is 4.04. The summed E-state index contributed by atoms with van der Waals surface area (Å²) in [6.45, 7) is 10.4. The van der Waals surface area contributed by atoms with Gasteiger partial charge in [-0.05, 0) is 57.3 Å². The second-order valence-electron chi connectivity index (χ2n) is 5.27. The van der Waals surface area contributed by atoms with Gasteiger partial charge < -0.3 is 15.0 Å². The second kappa shape index (κ2) is 6.58. The van der Waals surface area contributed by atoms with Gasteiger partial charge in [-0.2, -0.15) is 0 Å². The summed E-state index contributed by atoms with van der Waals surface area (Å²) in [6, 6.07) is 0. The average Bonchev–Trinajstić information content (AvgIpc) is 2.83. The molecule has 0 saturated carbocycles. The fourth-order valence-electron chi connectivity index (χ4n) is 2.74. The molecule has 2 aliphatic rings. The molecule has 0 aromatic heterocycles. The van der Waals surface area contributed by atoms with Crippen LogP contribution < -0.4 is 5.32 Å². The third-order valence-electron chi connectivity index (χ3n) is 4.04. The van der Waals surface area contributed by atoms with Crippen LogP contribution in [0.15, 0.2) is 0 Å². The lowest BCUT2D eigenvalue weighted by atomic mass is 9.96. The van der Waals surface area contributed by atoms with Crippen molar-refractivity contribution in [2.24, 2.45) is 11.8 Å². The summed E-state index contributed by atoms with van der Waals surface area (Å²) in [5.41, 5.74) is 0. The molecule has 0 bridgehead atoms. The van der Waals surface area contributed by atoms with Crippen LogP contribution in [0.4, 0.5) is 0 Å². The summed E-state index contributed by atoms with van der Waals surface area (Å²) in [7, 11) is 0. The van der Waals surface area contributed by atoms with E-state index in [1.165, 1.54) is 45.4 Å². The van der Waals surface area contributed by atoms with E-state index in [0.29, 0.717) is 0 Å². The van der Waals surface area contributed by atoms with Crippen molar-refractivity contribution in [3.8, 4) is 0 Å². The topological polar surface area (TPSA) is 24.5 Å². The van der Waals surface area contributed by atoms with E-state index in [1.807, 2.05) is 0 Å². The molecule has 3 nitrogen and oxygen atoms in total. The Morgan fingerprint density at radius 3 is 2.50 bits per heavy atom. The molecule has 0 radical (unpaired) electrons. The molecule has 3 heteroatoms. The molecule has 94 valence electrons. The summed E-state index contributed by atoms with van der Waals surface area (Å²) >= 11 is 0. The summed E-state index contributed by atoms with van der Waals surface area (Å²) in [4.78, 5) is 2.56. The Hall–Kier alpha value is -0.120. The van der Waals surface area contributed by atoms with Crippen molar-refractivity contribution in [3.05, 3.63) is 0 Å². The fourth-order valence-corrected chi connectivity index (χ4v) is 2.74. The van der Waals surface area contributed by atoms with Crippen LogP contribution in [0.3, 0.4) is 0 Å². The number of ether oxygens (including phenoxy) is 1. The molecule has 16 heavy (non-hydrogen) atoms. The molecule has 2 saturated heterocycles. The van der Waals surface area contributed by atoms with Gasteiger partial charge >= 0.3 is 0 Å². The zero-order valence-corrected chi connectivity index (χ0v) is 10.6. The van der Waals surface area contributed by atoms with Crippen LogP contribution >= 0.6 is 0 Å². The molecule has 1 unspecified atom stereocenters. The van der Waals surface area contributed by atoms with Gasteiger partial charge in [-0.3, -0.25) is 0 Å². The first kappa shape index (κ1) is 12.3. The fraction of sp³-hybridized carbons (Fsp3) is 1.00. The van der Waals surface area contributed by atoms with Gasteiger partial charge in [0.25, 0.3) is 0 Å². The molecule has 1 atom stereocenters. The SMILES string of the molecule is CCN1CCC(CNCC2CCOC2)CC1. The molecule has 2 aliphatic heterocycles. The summed E-state index contributed by atoms with van der Waals surface area (Å²) in [6.07, 6.45) is 4.01. The lowest BCUT2D eigenvalue weighted by molar-refractivity contribution is 0.179. The van der Waals surface area contributed by atoms with Crippen molar-refractivity contribution >= 4 is 0 Å². The maximum absolute atomic E-state index is 5.38. The van der Waals surface area contributed by atoms with Gasteiger partial charge in [-0.25, -0.2) is 0 Å². The Labute approximate surface area is 99.5 Å². The maximum Gasteiger partial charge on any atom is 0.0507 e. The van der Waals surface area contributed by atoms with E-state index in [4.69, 9.17) is 4.74 Å². The molecule has 0 aliphatic carbocycles. The van der Waals surface area contributed by atoms with Gasteiger partial charge in [0, 0.05) is 13.2 Å². The summed E-state index contributed by atoms with van der Waals surface area (Å²) in [5, 5.41) is 3.63. The lowest BCUT2D eigenvalue weighted by Gasteiger charge is -2.31. The zero-order valence-electron chi connectivity index (χ0n) is 10.6. The smallest absolute Gasteiger partial charge is 0.0507 e. The Balaban J connectivity index is 1.53. The van der Waals surface area contributed by atoms with Crippen LogP contribution in [-0.4, -0.2) is 50.8 Å². The van der Waals surface area contributed by atoms with Crippen molar-refractivity contribution in [3.63, 3.8) is 0 Å². The van der Waals surface area contributed by atoms with Crippen molar-refractivity contribution < 1.29 is 4.74 Å². The van der Waals surface area contributed by atoms with Crippen molar-refractivity contribution in [2.45, 2.75) is 26.2 Å². The van der Waals surface area contributed by atoms with Crippen LogP contribution in [0, 0.1) is 11.8 Å². The Bertz CT molecular complexity index is 184. The molecule has 0 spiro atoms. The molecular formula is C13H26N2O. The van der Waals surface area contributed by atoms with E-state index >= 15 is 0 Å². The van der Waals surface area contributed by atoms with Crippen LogP contribution in [0.5, 0.6) is 0 Å². The normalized spacial score (nSPS) is 28.7. The molecule has 2 fully saturated rings. The number of hydrogen-bond acceptors (Lipinski definition) is 3. The number of nitrogens with one attached hydrogen (secondary N) is 1. The molecule has 0 amide bonds. The van der Waals surface area contributed by atoms with E-state index in [9.17, 15) is 0 Å². The predicted octanol–water partition coefficient (Wildman–Crippen LogP) is 1.34. The molecule has 2 rings (SSSR count). The number of likely N-dealkylation sites (tertiary alicyclic amines) is 1. The van der Waals surface area contributed by atoms with E-state index in [-0.39, 0.29) is 0 Å². The first-order chi connectivity index (χ1) is 7.88. The van der Waals surface area contributed by atoms with Crippen molar-refractivity contribution in [2.75, 3.05) is 45.9 Å². The van der Waals surface area contributed by atoms with Crippen molar-refractivity contribution in [1.29, 1.82) is 0 Å². The second-order valence-corrected chi connectivity index (χ2v) is 5.27. The number of hydrogen-bond donors (Lipinski definition) is 1. The molecule has 2 heterocycles. The van der Waals surface area contributed by atoms with Gasteiger partial charge in [0.05, 0.1) is 6.61 Å². The number of piperidine rings is 1. The number of nitrogens with zero attached hydrogens (tertiary/aromatic N) is 1. The van der Waals surface area contributed by atoms with Gasteiger partial charge in [0.15, 0.2) is 0 Å². The molecular weight excluding hydrogens is 200 g/mol. The minimum Gasteiger partial charge on any atom is -0.381 e. The highest BCUT2D eigenvalue weighted by atomic mass is 16.5. The Kier molecular flexibility index (Phi) is 5.07. The largest absolute Gasteiger partial charge is 0.381 e. The van der Waals surface area contributed by atoms with Crippen LogP contribution in [0.25, 0.3) is 0 Å². The highest BCUT2D eigenvalue weighted by Crippen LogP contribution is 2.16. The molecule has 1 N–H and O–H groups in total. The monoisotopic (exact) mass is 226 g/mol. The van der Waals surface area contributed by atoms with E-state index in [1.54, 1.807) is 0 Å². The predicted molar refractivity (Wildman–Crippen MR) is 66.6 cm³/mol. The van der Waals surface area contributed by atoms with E-state index < -0.39 is 0 Å². The van der Waals surface area contributed by atoms with Crippen LogP contribution in [0.1, 0.15) is 26.2 Å². The first-order valence-corrected chi connectivity index (χ1v) is 6.89. The highest BCUT2D eigenvalue weighted by Gasteiger charge is 2.19. The van der Waals surface area contributed by atoms with Crippen LogP contribution in [-0.2, 0) is 4.74 Å². The Morgan fingerprint density at radius 2 is 1.88 bits per heavy atom. The van der Waals surface area contributed by atoms with Gasteiger partial charge in [0.1, 0.15) is 0 Å². The zero-order chi connectivity index (χ0) is 11.2. The van der Waals surface area contributed by atoms with Gasteiger partial charge in [0.2, 0.25) is 0 Å². The Morgan fingerprint density at radius 1 is 1.12 bits per heavy atom. The van der Waals surface area contributed by atoms with E-state index in [2.05, 4.69) is 17.1 Å². The maximum atomic E-state index is 5.38. The van der Waals surface area contributed by atoms with Crippen LogP contribution in [0.2, 0.25) is 0 Å². The molecule has 0 aromatic rings. The summed E-state index contributed by atoms with van der Waals surface area (Å²) < 4.78 is 5.38. The lowest BCUT2D eigenvalue weighted by Crippen LogP contribution is -2.38. The minimum atomic E-state index is 0.774. The van der Waals surface area contributed by atoms with Gasteiger partial charge in [-0.15, -0.1) is 0 Å². The third kappa shape index (κ3) is 3.72. The standard InChI is InChI=1S/C13H26N2O/c1-2-15-6-3-12(4-7-15)9-14-10-13-5-8-16-11-13/h12-14H,2-11H2,1H3. The number of rotatable bonds is 5. The summed E-state index contributed by atoms with van der Waals surface area (Å²) in [5.74, 6) is 1.68. The quantitative estimate of drug-likeness (QED) is 0.766. The first-order valence-electron chi connectivity index (χ1n) is 6.89. The van der Waals surface area contributed by atoms with Crippen molar-refractivity contribution in [1.82, 2.24) is 10.2 Å². The van der Waals surface area contributed by atoms with Gasteiger partial charge in [-0.1, -0.05) is 6.92 Å². The highest BCUT2D eigenvalue weighted by molar-refractivity contribution is 4.74. The van der Waals surface area contributed by atoms with E-state index in [0.717, 1.165) is 31.6 Å². The average molecular weight is 226 g/mol. The minimum absolute atomic E-state index is 0.774.